The Hall–Kier alpha value is -0.770. The summed E-state index contributed by atoms with van der Waals surface area (Å²) >= 11 is 5.98. The lowest BCUT2D eigenvalue weighted by Crippen LogP contribution is -2.50. The van der Waals surface area contributed by atoms with E-state index in [-0.39, 0.29) is 18.2 Å². The molecule has 0 amide bonds. The Morgan fingerprint density at radius 3 is 2.79 bits per heavy atom. The molecule has 0 saturated carbocycles. The minimum absolute atomic E-state index is 0.123. The van der Waals surface area contributed by atoms with Gasteiger partial charge in [-0.3, -0.25) is 0 Å². The van der Waals surface area contributed by atoms with E-state index in [9.17, 15) is 5.11 Å². The number of hydrogen-bond donors (Lipinski definition) is 2. The number of aliphatic hydroxyl groups is 1. The van der Waals surface area contributed by atoms with Crippen molar-refractivity contribution >= 4 is 11.6 Å². The normalized spacial score (nSPS) is 18.2. The molecule has 0 saturated heterocycles. The molecule has 1 aromatic rings. The second kappa shape index (κ2) is 6.12. The highest BCUT2D eigenvalue weighted by atomic mass is 35.5. The van der Waals surface area contributed by atoms with Crippen LogP contribution in [0.2, 0.25) is 5.02 Å². The monoisotopic (exact) mass is 283 g/mol. The molecule has 3 nitrogen and oxygen atoms in total. The summed E-state index contributed by atoms with van der Waals surface area (Å²) < 4.78 is 5.89. The number of rotatable bonds is 6. The van der Waals surface area contributed by atoms with Gasteiger partial charge in [-0.15, -0.1) is 0 Å². The van der Waals surface area contributed by atoms with Crippen LogP contribution in [0.15, 0.2) is 18.2 Å². The van der Waals surface area contributed by atoms with Gasteiger partial charge in [0.05, 0.1) is 6.61 Å². The smallest absolute Gasteiger partial charge is 0.123 e. The van der Waals surface area contributed by atoms with Crippen molar-refractivity contribution in [2.75, 3.05) is 13.2 Å². The van der Waals surface area contributed by atoms with Gasteiger partial charge in [-0.2, -0.15) is 0 Å². The number of hydrogen-bond acceptors (Lipinski definition) is 3. The number of fused-ring (bicyclic) bond motifs is 1. The van der Waals surface area contributed by atoms with Crippen molar-refractivity contribution in [3.8, 4) is 5.75 Å². The van der Waals surface area contributed by atoms with E-state index in [1.165, 1.54) is 5.56 Å². The maximum atomic E-state index is 9.54. The molecule has 2 rings (SSSR count). The fourth-order valence-electron chi connectivity index (χ4n) is 2.51. The molecule has 1 aromatic carbocycles. The molecule has 106 valence electrons. The maximum absolute atomic E-state index is 9.54. The molecule has 19 heavy (non-hydrogen) atoms. The number of aliphatic hydroxyl groups excluding tert-OH is 1. The zero-order chi connectivity index (χ0) is 13.9. The highest BCUT2D eigenvalue weighted by molar-refractivity contribution is 6.30. The molecular weight excluding hydrogens is 262 g/mol. The van der Waals surface area contributed by atoms with E-state index in [1.807, 2.05) is 18.2 Å². The van der Waals surface area contributed by atoms with Gasteiger partial charge >= 0.3 is 0 Å². The van der Waals surface area contributed by atoms with E-state index in [4.69, 9.17) is 16.3 Å². The minimum atomic E-state index is -0.185. The zero-order valence-corrected chi connectivity index (χ0v) is 12.3. The Balaban J connectivity index is 1.93. The molecule has 1 heterocycles. The summed E-state index contributed by atoms with van der Waals surface area (Å²) in [6.07, 6.45) is 2.81. The van der Waals surface area contributed by atoms with Crippen molar-refractivity contribution in [3.05, 3.63) is 28.8 Å². The summed E-state index contributed by atoms with van der Waals surface area (Å²) in [6.45, 7) is 5.09. The average molecular weight is 284 g/mol. The molecule has 0 aliphatic carbocycles. The maximum Gasteiger partial charge on any atom is 0.123 e. The van der Waals surface area contributed by atoms with Gasteiger partial charge < -0.3 is 15.2 Å². The van der Waals surface area contributed by atoms with Gasteiger partial charge in [-0.1, -0.05) is 25.4 Å². The Kier molecular flexibility index (Phi) is 4.71. The predicted molar refractivity (Wildman–Crippen MR) is 78.0 cm³/mol. The number of ether oxygens (including phenoxy) is 1. The van der Waals surface area contributed by atoms with Gasteiger partial charge in [0.15, 0.2) is 0 Å². The summed E-state index contributed by atoms with van der Waals surface area (Å²) in [5, 5.41) is 13.8. The first-order valence-corrected chi connectivity index (χ1v) is 7.31. The molecule has 1 aliphatic heterocycles. The Morgan fingerprint density at radius 1 is 1.42 bits per heavy atom. The van der Waals surface area contributed by atoms with E-state index in [2.05, 4.69) is 19.2 Å². The van der Waals surface area contributed by atoms with Crippen molar-refractivity contribution in [2.45, 2.75) is 44.8 Å². The quantitative estimate of drug-likeness (QED) is 0.843. The molecule has 0 fully saturated rings. The van der Waals surface area contributed by atoms with Crippen LogP contribution in [0.25, 0.3) is 0 Å². The van der Waals surface area contributed by atoms with Crippen molar-refractivity contribution in [1.29, 1.82) is 0 Å². The molecule has 0 radical (unpaired) electrons. The van der Waals surface area contributed by atoms with Crippen LogP contribution in [0.4, 0.5) is 0 Å². The lowest BCUT2D eigenvalue weighted by atomic mass is 9.93. The van der Waals surface area contributed by atoms with Gasteiger partial charge in [0.2, 0.25) is 0 Å². The first kappa shape index (κ1) is 14.6. The molecule has 1 atom stereocenters. The minimum Gasteiger partial charge on any atom is -0.488 e. The van der Waals surface area contributed by atoms with Crippen LogP contribution in [0.1, 0.15) is 32.3 Å². The first-order chi connectivity index (χ1) is 9.12. The van der Waals surface area contributed by atoms with Crippen molar-refractivity contribution in [2.24, 2.45) is 0 Å². The van der Waals surface area contributed by atoms with Crippen LogP contribution in [0.3, 0.4) is 0 Å². The van der Waals surface area contributed by atoms with Gasteiger partial charge in [0.1, 0.15) is 11.9 Å². The molecular formula is C15H22ClNO2. The molecule has 0 bridgehead atoms. The second-order valence-corrected chi connectivity index (χ2v) is 5.66. The van der Waals surface area contributed by atoms with Crippen LogP contribution < -0.4 is 10.1 Å². The predicted octanol–water partition coefficient (Wildman–Crippen LogP) is 2.78. The van der Waals surface area contributed by atoms with Crippen LogP contribution in [-0.2, 0) is 6.42 Å². The third-order valence-corrected chi connectivity index (χ3v) is 4.36. The summed E-state index contributed by atoms with van der Waals surface area (Å²) in [7, 11) is 0. The number of nitrogens with one attached hydrogen (secondary N) is 1. The molecule has 1 aliphatic rings. The molecule has 2 N–H and O–H groups in total. The fourth-order valence-corrected chi connectivity index (χ4v) is 2.71. The first-order valence-electron chi connectivity index (χ1n) is 6.93. The van der Waals surface area contributed by atoms with Crippen LogP contribution >= 0.6 is 11.6 Å². The Morgan fingerprint density at radius 2 is 2.16 bits per heavy atom. The van der Waals surface area contributed by atoms with Crippen LogP contribution in [-0.4, -0.2) is 29.9 Å². The molecule has 0 aromatic heterocycles. The summed E-state index contributed by atoms with van der Waals surface area (Å²) in [5.74, 6) is 0.929. The van der Waals surface area contributed by atoms with E-state index in [0.717, 1.165) is 36.6 Å². The fraction of sp³-hybridized carbons (Fsp3) is 0.600. The van der Waals surface area contributed by atoms with E-state index >= 15 is 0 Å². The van der Waals surface area contributed by atoms with Crippen molar-refractivity contribution in [3.63, 3.8) is 0 Å². The van der Waals surface area contributed by atoms with Crippen LogP contribution in [0.5, 0.6) is 5.75 Å². The summed E-state index contributed by atoms with van der Waals surface area (Å²) in [4.78, 5) is 0. The largest absolute Gasteiger partial charge is 0.488 e. The summed E-state index contributed by atoms with van der Waals surface area (Å²) in [6, 6.07) is 5.75. The number of benzene rings is 1. The topological polar surface area (TPSA) is 41.5 Å². The SMILES string of the molecule is CCC(CC)(CO)NCC1Cc2cc(Cl)ccc2O1. The Labute approximate surface area is 119 Å². The number of halogens is 1. The third-order valence-electron chi connectivity index (χ3n) is 4.12. The summed E-state index contributed by atoms with van der Waals surface area (Å²) in [5.41, 5.74) is 0.984. The van der Waals surface area contributed by atoms with E-state index in [0.29, 0.717) is 0 Å². The second-order valence-electron chi connectivity index (χ2n) is 5.22. The molecule has 4 heteroatoms. The molecule has 1 unspecified atom stereocenters. The third kappa shape index (κ3) is 3.22. The van der Waals surface area contributed by atoms with Gasteiger partial charge in [0.25, 0.3) is 0 Å². The van der Waals surface area contributed by atoms with E-state index < -0.39 is 0 Å². The van der Waals surface area contributed by atoms with Gasteiger partial charge in [-0.25, -0.2) is 0 Å². The van der Waals surface area contributed by atoms with Crippen molar-refractivity contribution < 1.29 is 9.84 Å². The average Bonchev–Trinajstić information content (AvgIpc) is 2.83. The highest BCUT2D eigenvalue weighted by Crippen LogP contribution is 2.31. The van der Waals surface area contributed by atoms with Gasteiger partial charge in [0, 0.05) is 23.5 Å². The lowest BCUT2D eigenvalue weighted by molar-refractivity contribution is 0.130. The standard InChI is InChI=1S/C15H22ClNO2/c1-3-15(4-2,10-18)17-9-13-8-11-7-12(16)5-6-14(11)19-13/h5-7,13,17-18H,3-4,8-10H2,1-2H3. The Bertz CT molecular complexity index is 424. The molecule has 0 spiro atoms. The van der Waals surface area contributed by atoms with E-state index in [1.54, 1.807) is 0 Å². The van der Waals surface area contributed by atoms with Crippen molar-refractivity contribution in [1.82, 2.24) is 5.32 Å². The van der Waals surface area contributed by atoms with Gasteiger partial charge in [-0.05, 0) is 36.6 Å². The van der Waals surface area contributed by atoms with Crippen LogP contribution in [0, 0.1) is 0 Å². The highest BCUT2D eigenvalue weighted by Gasteiger charge is 2.28. The lowest BCUT2D eigenvalue weighted by Gasteiger charge is -2.32. The zero-order valence-electron chi connectivity index (χ0n) is 11.6.